The van der Waals surface area contributed by atoms with Gasteiger partial charge in [0, 0.05) is 16.3 Å². The first-order valence-electron chi connectivity index (χ1n) is 6.26. The van der Waals surface area contributed by atoms with E-state index < -0.39 is 10.0 Å². The van der Waals surface area contributed by atoms with Crippen LogP contribution in [0, 0.1) is 0 Å². The van der Waals surface area contributed by atoms with E-state index in [9.17, 15) is 8.42 Å². The molecule has 0 amide bonds. The molecule has 0 aliphatic rings. The van der Waals surface area contributed by atoms with Crippen molar-refractivity contribution < 1.29 is 13.5 Å². The number of hydrogen-bond acceptors (Lipinski definition) is 4. The third-order valence-corrected chi connectivity index (χ3v) is 5.48. The highest BCUT2D eigenvalue weighted by molar-refractivity contribution is 7.89. The molecule has 6 heteroatoms. The number of hydrogen-bond donors (Lipinski definition) is 2. The number of nitrogens with one attached hydrogen (secondary N) is 1. The summed E-state index contributed by atoms with van der Waals surface area (Å²) in [5.41, 5.74) is 1.09. The second-order valence-electron chi connectivity index (χ2n) is 4.62. The van der Waals surface area contributed by atoms with Crippen molar-refractivity contribution in [1.29, 1.82) is 0 Å². The van der Waals surface area contributed by atoms with Gasteiger partial charge in [-0.05, 0) is 25.0 Å². The van der Waals surface area contributed by atoms with Crippen molar-refractivity contribution in [2.75, 3.05) is 0 Å². The predicted octanol–water partition coefficient (Wildman–Crippen LogP) is 2.15. The van der Waals surface area contributed by atoms with Crippen molar-refractivity contribution in [3.05, 3.63) is 52.2 Å². The molecule has 4 nitrogen and oxygen atoms in total. The second-order valence-corrected chi connectivity index (χ2v) is 7.33. The maximum absolute atomic E-state index is 12.2. The van der Waals surface area contributed by atoms with E-state index in [2.05, 4.69) is 4.72 Å². The smallest absolute Gasteiger partial charge is 0.241 e. The Morgan fingerprint density at radius 2 is 2.00 bits per heavy atom. The SMILES string of the molecule is CC(Cc1ccccc1)NS(=O)(=O)c1csc(CO)c1. The number of sulfonamides is 1. The van der Waals surface area contributed by atoms with Gasteiger partial charge < -0.3 is 5.11 Å². The van der Waals surface area contributed by atoms with Crippen molar-refractivity contribution in [3.8, 4) is 0 Å². The Kier molecular flexibility index (Phi) is 4.93. The van der Waals surface area contributed by atoms with Gasteiger partial charge in [-0.25, -0.2) is 13.1 Å². The summed E-state index contributed by atoms with van der Waals surface area (Å²) in [5.74, 6) is 0. The van der Waals surface area contributed by atoms with E-state index in [1.807, 2.05) is 37.3 Å². The maximum atomic E-state index is 12.2. The lowest BCUT2D eigenvalue weighted by atomic mass is 10.1. The Morgan fingerprint density at radius 3 is 2.60 bits per heavy atom. The Labute approximate surface area is 123 Å². The summed E-state index contributed by atoms with van der Waals surface area (Å²) in [7, 11) is -3.52. The third-order valence-electron chi connectivity index (χ3n) is 2.84. The lowest BCUT2D eigenvalue weighted by molar-refractivity contribution is 0.285. The normalized spacial score (nSPS) is 13.3. The fourth-order valence-electron chi connectivity index (χ4n) is 1.93. The minimum atomic E-state index is -3.52. The first-order valence-corrected chi connectivity index (χ1v) is 8.62. The molecule has 1 atom stereocenters. The topological polar surface area (TPSA) is 66.4 Å². The molecule has 0 fully saturated rings. The highest BCUT2D eigenvalue weighted by Crippen LogP contribution is 2.19. The van der Waals surface area contributed by atoms with Crippen LogP contribution >= 0.6 is 11.3 Å². The van der Waals surface area contributed by atoms with Gasteiger partial charge in [0.05, 0.1) is 11.5 Å². The molecule has 1 aromatic carbocycles. The van der Waals surface area contributed by atoms with Gasteiger partial charge >= 0.3 is 0 Å². The average Bonchev–Trinajstić information content (AvgIpc) is 2.88. The Hall–Kier alpha value is -1.21. The first kappa shape index (κ1) is 15.2. The average molecular weight is 311 g/mol. The highest BCUT2D eigenvalue weighted by atomic mass is 32.2. The van der Waals surface area contributed by atoms with E-state index in [1.54, 1.807) is 5.38 Å². The van der Waals surface area contributed by atoms with Crippen LogP contribution in [0.1, 0.15) is 17.4 Å². The molecule has 2 N–H and O–H groups in total. The van der Waals surface area contributed by atoms with Gasteiger partial charge in [-0.1, -0.05) is 30.3 Å². The van der Waals surface area contributed by atoms with Crippen LogP contribution in [0.25, 0.3) is 0 Å². The molecule has 108 valence electrons. The lowest BCUT2D eigenvalue weighted by Crippen LogP contribution is -2.33. The summed E-state index contributed by atoms with van der Waals surface area (Å²) in [6, 6.07) is 11.0. The summed E-state index contributed by atoms with van der Waals surface area (Å²) in [6.45, 7) is 1.70. The Bertz CT molecular complexity index is 650. The van der Waals surface area contributed by atoms with E-state index in [-0.39, 0.29) is 17.5 Å². The Morgan fingerprint density at radius 1 is 1.30 bits per heavy atom. The minimum absolute atomic E-state index is 0.139. The molecular formula is C14H17NO3S2. The van der Waals surface area contributed by atoms with E-state index in [0.29, 0.717) is 11.3 Å². The lowest BCUT2D eigenvalue weighted by Gasteiger charge is -2.13. The fraction of sp³-hybridized carbons (Fsp3) is 0.286. The molecule has 0 aliphatic heterocycles. The molecule has 2 aromatic rings. The molecule has 0 saturated heterocycles. The van der Waals surface area contributed by atoms with Gasteiger partial charge in [-0.3, -0.25) is 0 Å². The van der Waals surface area contributed by atoms with Gasteiger partial charge in [0.15, 0.2) is 0 Å². The third kappa shape index (κ3) is 3.89. The second kappa shape index (κ2) is 6.49. The molecule has 20 heavy (non-hydrogen) atoms. The van der Waals surface area contributed by atoms with Crippen LogP contribution in [0.2, 0.25) is 0 Å². The van der Waals surface area contributed by atoms with E-state index >= 15 is 0 Å². The van der Waals surface area contributed by atoms with Gasteiger partial charge in [-0.15, -0.1) is 11.3 Å². The van der Waals surface area contributed by atoms with E-state index in [1.165, 1.54) is 17.4 Å². The van der Waals surface area contributed by atoms with Crippen LogP contribution in [-0.2, 0) is 23.1 Å². The van der Waals surface area contributed by atoms with Crippen LogP contribution in [0.4, 0.5) is 0 Å². The standard InChI is InChI=1S/C14H17NO3S2/c1-11(7-12-5-3-2-4-6-12)15-20(17,18)14-8-13(9-16)19-10-14/h2-6,8,10-11,15-16H,7,9H2,1H3. The van der Waals surface area contributed by atoms with Crippen molar-refractivity contribution in [1.82, 2.24) is 4.72 Å². The fourth-order valence-corrected chi connectivity index (χ4v) is 4.30. The van der Waals surface area contributed by atoms with Crippen LogP contribution in [0.15, 0.2) is 46.7 Å². The zero-order valence-electron chi connectivity index (χ0n) is 11.1. The number of aliphatic hydroxyl groups excluding tert-OH is 1. The summed E-state index contributed by atoms with van der Waals surface area (Å²) < 4.78 is 27.0. The van der Waals surface area contributed by atoms with Gasteiger partial charge in [0.2, 0.25) is 10.0 Å². The monoisotopic (exact) mass is 311 g/mol. The number of benzene rings is 1. The van der Waals surface area contributed by atoms with Crippen molar-refractivity contribution in [2.45, 2.75) is 30.9 Å². The van der Waals surface area contributed by atoms with Gasteiger partial charge in [-0.2, -0.15) is 0 Å². The van der Waals surface area contributed by atoms with Gasteiger partial charge in [0.1, 0.15) is 0 Å². The molecule has 0 radical (unpaired) electrons. The highest BCUT2D eigenvalue weighted by Gasteiger charge is 2.19. The van der Waals surface area contributed by atoms with Crippen LogP contribution in [0.5, 0.6) is 0 Å². The number of aliphatic hydroxyl groups is 1. The summed E-state index contributed by atoms with van der Waals surface area (Å²) in [6.07, 6.45) is 0.636. The summed E-state index contributed by atoms with van der Waals surface area (Å²) >= 11 is 1.24. The number of rotatable bonds is 6. The molecule has 0 aliphatic carbocycles. The molecular weight excluding hydrogens is 294 g/mol. The number of thiophene rings is 1. The van der Waals surface area contributed by atoms with Crippen LogP contribution < -0.4 is 4.72 Å². The van der Waals surface area contributed by atoms with Crippen LogP contribution in [-0.4, -0.2) is 19.6 Å². The molecule has 1 aromatic heterocycles. The largest absolute Gasteiger partial charge is 0.391 e. The zero-order valence-corrected chi connectivity index (χ0v) is 12.7. The van der Waals surface area contributed by atoms with Crippen LogP contribution in [0.3, 0.4) is 0 Å². The Balaban J connectivity index is 2.04. The van der Waals surface area contributed by atoms with E-state index in [4.69, 9.17) is 5.11 Å². The van der Waals surface area contributed by atoms with Crippen molar-refractivity contribution in [3.63, 3.8) is 0 Å². The molecule has 0 bridgehead atoms. The molecule has 0 saturated carbocycles. The molecule has 1 heterocycles. The van der Waals surface area contributed by atoms with Crippen molar-refractivity contribution >= 4 is 21.4 Å². The zero-order chi connectivity index (χ0) is 14.6. The van der Waals surface area contributed by atoms with Gasteiger partial charge in [0.25, 0.3) is 0 Å². The quantitative estimate of drug-likeness (QED) is 0.859. The molecule has 1 unspecified atom stereocenters. The predicted molar refractivity (Wildman–Crippen MR) is 80.2 cm³/mol. The van der Waals surface area contributed by atoms with Crippen molar-refractivity contribution in [2.24, 2.45) is 0 Å². The summed E-state index contributed by atoms with van der Waals surface area (Å²) in [4.78, 5) is 0.854. The first-order chi connectivity index (χ1) is 9.51. The summed E-state index contributed by atoms with van der Waals surface area (Å²) in [5, 5.41) is 10.5. The molecule has 0 spiro atoms. The maximum Gasteiger partial charge on any atom is 0.241 e. The molecule has 2 rings (SSSR count). The van der Waals surface area contributed by atoms with E-state index in [0.717, 1.165) is 5.56 Å². The minimum Gasteiger partial charge on any atom is -0.391 e.